The van der Waals surface area contributed by atoms with E-state index in [2.05, 4.69) is 4.98 Å². The number of aromatic hydroxyl groups is 1. The molecule has 1 unspecified atom stereocenters. The maximum atomic E-state index is 9.02. The van der Waals surface area contributed by atoms with Gasteiger partial charge in [-0.15, -0.1) is 11.3 Å². The lowest BCUT2D eigenvalue weighted by atomic mass is 10.4. The van der Waals surface area contributed by atoms with Gasteiger partial charge in [0, 0.05) is 11.5 Å². The first-order valence-electron chi connectivity index (χ1n) is 3.70. The van der Waals surface area contributed by atoms with Gasteiger partial charge in [-0.1, -0.05) is 0 Å². The molecule has 1 aliphatic rings. The molecule has 2 rings (SSSR count). The first kappa shape index (κ1) is 8.34. The summed E-state index contributed by atoms with van der Waals surface area (Å²) >= 11 is 3.32. The van der Waals surface area contributed by atoms with Crippen LogP contribution in [0.15, 0.2) is 5.38 Å². The Hall–Kier alpha value is -0.260. The zero-order valence-electron chi connectivity index (χ0n) is 6.40. The molecule has 1 atom stereocenters. The van der Waals surface area contributed by atoms with Gasteiger partial charge in [0.1, 0.15) is 11.1 Å². The molecule has 3 nitrogen and oxygen atoms in total. The monoisotopic (exact) mass is 203 g/mol. The molecule has 0 aliphatic carbocycles. The predicted octanol–water partition coefficient (Wildman–Crippen LogP) is 1.65. The Labute approximate surface area is 78.8 Å². The molecular weight excluding hydrogens is 194 g/mol. The van der Waals surface area contributed by atoms with Crippen LogP contribution in [0.5, 0.6) is 5.88 Å². The van der Waals surface area contributed by atoms with E-state index in [4.69, 9.17) is 9.84 Å². The number of ether oxygens (including phenoxy) is 1. The largest absolute Gasteiger partial charge is 0.493 e. The van der Waals surface area contributed by atoms with Crippen molar-refractivity contribution in [3.8, 4) is 5.88 Å². The van der Waals surface area contributed by atoms with Crippen LogP contribution in [-0.4, -0.2) is 28.2 Å². The molecule has 1 N–H and O–H groups in total. The van der Waals surface area contributed by atoms with Crippen LogP contribution in [0.25, 0.3) is 0 Å². The van der Waals surface area contributed by atoms with Gasteiger partial charge in [0.15, 0.2) is 0 Å². The van der Waals surface area contributed by atoms with Gasteiger partial charge in [0.2, 0.25) is 5.88 Å². The maximum Gasteiger partial charge on any atom is 0.222 e. The minimum absolute atomic E-state index is 0.0923. The minimum Gasteiger partial charge on any atom is -0.493 e. The molecule has 0 amide bonds. The zero-order valence-corrected chi connectivity index (χ0v) is 8.03. The third-order valence-corrected chi connectivity index (χ3v) is 3.52. The van der Waals surface area contributed by atoms with Crippen molar-refractivity contribution in [1.82, 2.24) is 4.98 Å². The number of hydrogen-bond acceptors (Lipinski definition) is 5. The van der Waals surface area contributed by atoms with Gasteiger partial charge in [-0.25, -0.2) is 4.98 Å². The number of thioether (sulfide) groups is 1. The van der Waals surface area contributed by atoms with Crippen molar-refractivity contribution in [3.05, 3.63) is 10.4 Å². The van der Waals surface area contributed by atoms with E-state index in [1.165, 1.54) is 11.3 Å². The van der Waals surface area contributed by atoms with E-state index >= 15 is 0 Å². The summed E-state index contributed by atoms with van der Waals surface area (Å²) in [5.74, 6) is 2.12. The van der Waals surface area contributed by atoms with Gasteiger partial charge in [0.05, 0.1) is 12.0 Å². The summed E-state index contributed by atoms with van der Waals surface area (Å²) < 4.78 is 5.49. The van der Waals surface area contributed by atoms with Crippen LogP contribution in [0.4, 0.5) is 0 Å². The van der Waals surface area contributed by atoms with Crippen molar-refractivity contribution < 1.29 is 9.84 Å². The van der Waals surface area contributed by atoms with E-state index in [9.17, 15) is 0 Å². The normalized spacial score (nSPS) is 24.2. The number of thiazole rings is 1. The van der Waals surface area contributed by atoms with E-state index in [1.54, 1.807) is 5.38 Å². The van der Waals surface area contributed by atoms with Crippen molar-refractivity contribution in [2.24, 2.45) is 0 Å². The fourth-order valence-corrected chi connectivity index (χ4v) is 2.74. The van der Waals surface area contributed by atoms with Gasteiger partial charge in [0.25, 0.3) is 0 Å². The second-order valence-corrected chi connectivity index (χ2v) is 4.52. The fraction of sp³-hybridized carbons (Fsp3) is 0.571. The fourth-order valence-electron chi connectivity index (χ4n) is 1.06. The SMILES string of the molecule is Oc1csc(C2CSCCO2)n1. The van der Waals surface area contributed by atoms with E-state index in [1.807, 2.05) is 11.8 Å². The molecule has 1 aromatic heterocycles. The average molecular weight is 203 g/mol. The van der Waals surface area contributed by atoms with Crippen molar-refractivity contribution in [3.63, 3.8) is 0 Å². The van der Waals surface area contributed by atoms with Crippen molar-refractivity contribution in [2.75, 3.05) is 18.1 Å². The lowest BCUT2D eigenvalue weighted by Crippen LogP contribution is -2.15. The molecule has 1 saturated heterocycles. The van der Waals surface area contributed by atoms with E-state index in [-0.39, 0.29) is 12.0 Å². The molecule has 0 aromatic carbocycles. The smallest absolute Gasteiger partial charge is 0.222 e. The van der Waals surface area contributed by atoms with Gasteiger partial charge in [-0.3, -0.25) is 0 Å². The minimum atomic E-state index is 0.0923. The summed E-state index contributed by atoms with van der Waals surface area (Å²) in [7, 11) is 0. The third kappa shape index (κ3) is 1.73. The molecule has 1 fully saturated rings. The molecule has 1 aromatic rings. The van der Waals surface area contributed by atoms with Crippen LogP contribution in [-0.2, 0) is 4.74 Å². The Kier molecular flexibility index (Phi) is 2.53. The summed E-state index contributed by atoms with van der Waals surface area (Å²) in [4.78, 5) is 3.97. The Bertz CT molecular complexity index is 258. The molecule has 2 heterocycles. The summed E-state index contributed by atoms with van der Waals surface area (Å²) in [6.07, 6.45) is 0.0923. The molecule has 0 saturated carbocycles. The van der Waals surface area contributed by atoms with Crippen molar-refractivity contribution in [2.45, 2.75) is 6.10 Å². The molecule has 66 valence electrons. The number of aromatic nitrogens is 1. The highest BCUT2D eigenvalue weighted by atomic mass is 32.2. The summed E-state index contributed by atoms with van der Waals surface area (Å²) in [6, 6.07) is 0. The van der Waals surface area contributed by atoms with Crippen LogP contribution in [0.2, 0.25) is 0 Å². The second-order valence-electron chi connectivity index (χ2n) is 2.48. The summed E-state index contributed by atoms with van der Waals surface area (Å²) in [5, 5.41) is 11.5. The van der Waals surface area contributed by atoms with E-state index < -0.39 is 0 Å². The predicted molar refractivity (Wildman–Crippen MR) is 49.8 cm³/mol. The lowest BCUT2D eigenvalue weighted by Gasteiger charge is -2.19. The molecule has 12 heavy (non-hydrogen) atoms. The number of nitrogens with zero attached hydrogens (tertiary/aromatic N) is 1. The maximum absolute atomic E-state index is 9.02. The highest BCUT2D eigenvalue weighted by Crippen LogP contribution is 2.29. The highest BCUT2D eigenvalue weighted by Gasteiger charge is 2.19. The van der Waals surface area contributed by atoms with Crippen molar-refractivity contribution in [1.29, 1.82) is 0 Å². The summed E-state index contributed by atoms with van der Waals surface area (Å²) in [6.45, 7) is 0.787. The van der Waals surface area contributed by atoms with Crippen molar-refractivity contribution >= 4 is 23.1 Å². The Morgan fingerprint density at radius 1 is 1.67 bits per heavy atom. The molecule has 1 aliphatic heterocycles. The highest BCUT2D eigenvalue weighted by molar-refractivity contribution is 7.99. The first-order valence-corrected chi connectivity index (χ1v) is 5.73. The third-order valence-electron chi connectivity index (χ3n) is 1.60. The van der Waals surface area contributed by atoms with Gasteiger partial charge >= 0.3 is 0 Å². The number of hydrogen-bond donors (Lipinski definition) is 1. The van der Waals surface area contributed by atoms with Crippen LogP contribution >= 0.6 is 23.1 Å². The zero-order chi connectivity index (χ0) is 8.39. The van der Waals surface area contributed by atoms with Crippen LogP contribution in [0, 0.1) is 0 Å². The lowest BCUT2D eigenvalue weighted by molar-refractivity contribution is 0.0752. The number of rotatable bonds is 1. The van der Waals surface area contributed by atoms with E-state index in [0.717, 1.165) is 23.1 Å². The topological polar surface area (TPSA) is 42.4 Å². The van der Waals surface area contributed by atoms with Crippen LogP contribution < -0.4 is 0 Å². The first-order chi connectivity index (χ1) is 5.86. The van der Waals surface area contributed by atoms with Crippen LogP contribution in [0.1, 0.15) is 11.1 Å². The molecule has 0 bridgehead atoms. The van der Waals surface area contributed by atoms with Crippen LogP contribution in [0.3, 0.4) is 0 Å². The average Bonchev–Trinajstić information content (AvgIpc) is 2.54. The second kappa shape index (κ2) is 3.64. The Morgan fingerprint density at radius 3 is 3.17 bits per heavy atom. The summed E-state index contributed by atoms with van der Waals surface area (Å²) in [5.41, 5.74) is 0. The van der Waals surface area contributed by atoms with Gasteiger partial charge in [-0.05, 0) is 0 Å². The van der Waals surface area contributed by atoms with Gasteiger partial charge in [-0.2, -0.15) is 11.8 Å². The molecule has 0 radical (unpaired) electrons. The van der Waals surface area contributed by atoms with E-state index in [0.29, 0.717) is 0 Å². The quantitative estimate of drug-likeness (QED) is 0.753. The Morgan fingerprint density at radius 2 is 2.58 bits per heavy atom. The standard InChI is InChI=1S/C7H9NO2S2/c9-6-4-12-7(8-6)5-3-11-2-1-10-5/h4-5,9H,1-3H2. The van der Waals surface area contributed by atoms with Gasteiger partial charge < -0.3 is 9.84 Å². The Balaban J connectivity index is 2.08. The molecular formula is C7H9NO2S2. The molecule has 5 heteroatoms. The molecule has 0 spiro atoms.